The molecule has 0 atom stereocenters. The van der Waals surface area contributed by atoms with Gasteiger partial charge >= 0.3 is 12.3 Å². The molecule has 6 aromatic carbocycles. The second kappa shape index (κ2) is 11.9. The molecule has 0 amide bonds. The number of ether oxygens (including phenoxy) is 1. The molecule has 0 N–H and O–H groups in total. The number of halogens is 10. The zero-order chi connectivity index (χ0) is 34.5. The minimum atomic E-state index is -5.03. The van der Waals surface area contributed by atoms with Gasteiger partial charge in [0.05, 0.1) is 5.56 Å². The maximum atomic E-state index is 15.2. The van der Waals surface area contributed by atoms with Crippen LogP contribution in [-0.2, 0) is 6.11 Å². The van der Waals surface area contributed by atoms with Crippen molar-refractivity contribution in [2.45, 2.75) is 19.2 Å². The number of hydrogen-bond acceptors (Lipinski definition) is 1. The monoisotopic (exact) mass is 668 g/mol. The summed E-state index contributed by atoms with van der Waals surface area (Å²) in [6, 6.07) is 19.1. The zero-order valence-electron chi connectivity index (χ0n) is 24.3. The third-order valence-electron chi connectivity index (χ3n) is 7.52. The Labute approximate surface area is 266 Å². The summed E-state index contributed by atoms with van der Waals surface area (Å²) in [5.41, 5.74) is -1.43. The fourth-order valence-corrected chi connectivity index (χ4v) is 5.30. The van der Waals surface area contributed by atoms with E-state index in [1.54, 1.807) is 6.07 Å². The summed E-state index contributed by atoms with van der Waals surface area (Å²) in [7, 11) is 0. The van der Waals surface area contributed by atoms with Gasteiger partial charge in [0.15, 0.2) is 0 Å². The van der Waals surface area contributed by atoms with E-state index in [-0.39, 0.29) is 11.1 Å². The summed E-state index contributed by atoms with van der Waals surface area (Å²) in [6.07, 6.45) is -9.71. The third kappa shape index (κ3) is 6.38. The lowest BCUT2D eigenvalue weighted by atomic mass is 9.96. The summed E-state index contributed by atoms with van der Waals surface area (Å²) < 4.78 is 146. The van der Waals surface area contributed by atoms with Crippen LogP contribution in [-0.4, -0.2) is 6.18 Å². The second-order valence-corrected chi connectivity index (χ2v) is 10.9. The van der Waals surface area contributed by atoms with Crippen LogP contribution in [0.15, 0.2) is 91.0 Å². The highest BCUT2D eigenvalue weighted by atomic mass is 19.4. The number of fused-ring (bicyclic) bond motifs is 2. The molecule has 0 spiro atoms. The van der Waals surface area contributed by atoms with Crippen molar-refractivity contribution in [2.24, 2.45) is 0 Å². The molecule has 11 heteroatoms. The predicted molar refractivity (Wildman–Crippen MR) is 161 cm³/mol. The molecule has 242 valence electrons. The molecule has 0 aromatic heterocycles. The molecule has 0 aliphatic heterocycles. The topological polar surface area (TPSA) is 9.23 Å². The quantitative estimate of drug-likeness (QED) is 0.131. The first-order chi connectivity index (χ1) is 22.6. The van der Waals surface area contributed by atoms with Crippen LogP contribution in [0.1, 0.15) is 16.7 Å². The smallest absolute Gasteiger partial charge is 0.429 e. The lowest BCUT2D eigenvalue weighted by Gasteiger charge is -2.20. The fraction of sp³-hybridized carbons (Fsp3) is 0.0811. The van der Waals surface area contributed by atoms with Crippen molar-refractivity contribution >= 4 is 21.5 Å². The molecular formula is C37H18F10O. The average molecular weight is 669 g/mol. The van der Waals surface area contributed by atoms with Crippen molar-refractivity contribution in [3.63, 3.8) is 0 Å². The van der Waals surface area contributed by atoms with E-state index in [1.165, 1.54) is 18.1 Å². The van der Waals surface area contributed by atoms with Crippen LogP contribution in [0.25, 0.3) is 43.8 Å². The van der Waals surface area contributed by atoms with E-state index in [4.69, 9.17) is 0 Å². The van der Waals surface area contributed by atoms with Gasteiger partial charge in [-0.25, -0.2) is 22.0 Å². The average Bonchev–Trinajstić information content (AvgIpc) is 2.99. The molecule has 0 bridgehead atoms. The normalized spacial score (nSPS) is 11.9. The largest absolute Gasteiger partial charge is 0.458 e. The van der Waals surface area contributed by atoms with Gasteiger partial charge in [0, 0.05) is 16.9 Å². The van der Waals surface area contributed by atoms with Crippen molar-refractivity contribution < 1.29 is 48.6 Å². The van der Waals surface area contributed by atoms with Crippen LogP contribution in [0, 0.1) is 47.9 Å². The van der Waals surface area contributed by atoms with Crippen molar-refractivity contribution in [3.8, 4) is 39.8 Å². The van der Waals surface area contributed by atoms with E-state index in [0.717, 1.165) is 40.5 Å². The Morgan fingerprint density at radius 3 is 1.88 bits per heavy atom. The Morgan fingerprint density at radius 1 is 0.562 bits per heavy atom. The van der Waals surface area contributed by atoms with Crippen LogP contribution < -0.4 is 4.74 Å². The molecule has 6 aromatic rings. The first-order valence-electron chi connectivity index (χ1n) is 14.0. The van der Waals surface area contributed by atoms with Crippen LogP contribution in [0.2, 0.25) is 0 Å². The molecule has 0 saturated carbocycles. The van der Waals surface area contributed by atoms with Crippen LogP contribution in [0.3, 0.4) is 0 Å². The summed E-state index contributed by atoms with van der Waals surface area (Å²) in [4.78, 5) is 0. The first-order valence-corrected chi connectivity index (χ1v) is 14.0. The van der Waals surface area contributed by atoms with Gasteiger partial charge in [0.1, 0.15) is 40.4 Å². The fourth-order valence-electron chi connectivity index (χ4n) is 5.30. The van der Waals surface area contributed by atoms with Crippen molar-refractivity contribution in [1.29, 1.82) is 0 Å². The Bertz CT molecular complexity index is 2290. The minimum absolute atomic E-state index is 0.262. The molecule has 0 aliphatic rings. The van der Waals surface area contributed by atoms with Gasteiger partial charge in [-0.05, 0) is 88.3 Å². The van der Waals surface area contributed by atoms with Gasteiger partial charge < -0.3 is 4.74 Å². The Morgan fingerprint density at radius 2 is 1.19 bits per heavy atom. The molecule has 0 heterocycles. The van der Waals surface area contributed by atoms with E-state index in [1.807, 2.05) is 37.3 Å². The number of hydrogen-bond donors (Lipinski definition) is 0. The Balaban J connectivity index is 1.28. The van der Waals surface area contributed by atoms with Gasteiger partial charge in [-0.3, -0.25) is 0 Å². The SMILES string of the molecule is Cc1ccc2cc(-c3ccc(-c4cc(F)c(C(F)(F)Oc5ccc6c(F)c(C#CC(F)(F)F)c(F)cc6c5)c(F)c4)c(F)c3)ccc2c1. The van der Waals surface area contributed by atoms with Gasteiger partial charge in [-0.2, -0.15) is 22.0 Å². The molecular weight excluding hydrogens is 650 g/mol. The molecule has 6 rings (SSSR count). The number of rotatable bonds is 5. The molecule has 0 fully saturated rings. The highest BCUT2D eigenvalue weighted by Crippen LogP contribution is 2.39. The first kappa shape index (κ1) is 32.4. The van der Waals surface area contributed by atoms with Gasteiger partial charge in [0.25, 0.3) is 0 Å². The maximum Gasteiger partial charge on any atom is 0.458 e. The van der Waals surface area contributed by atoms with Crippen LogP contribution in [0.4, 0.5) is 43.9 Å². The van der Waals surface area contributed by atoms with E-state index in [9.17, 15) is 22.0 Å². The highest BCUT2D eigenvalue weighted by Gasteiger charge is 2.41. The second-order valence-electron chi connectivity index (χ2n) is 10.9. The third-order valence-corrected chi connectivity index (χ3v) is 7.52. The van der Waals surface area contributed by atoms with E-state index >= 15 is 22.0 Å². The molecule has 0 saturated heterocycles. The standard InChI is InChI=1S/C37H18F10O/c1-19-2-3-21-13-22(5-4-20(21)12-19)23-6-8-27(30(38)15-23)25-17-32(40)34(33(41)18-25)37(46,47)48-26-7-9-28-24(14-26)16-31(39)29(35(28)42)10-11-36(43,44)45/h2-9,12-18H,1H3. The lowest BCUT2D eigenvalue weighted by molar-refractivity contribution is -0.189. The molecule has 0 unspecified atom stereocenters. The van der Waals surface area contributed by atoms with E-state index in [2.05, 4.69) is 4.74 Å². The van der Waals surface area contributed by atoms with Gasteiger partial charge in [0.2, 0.25) is 0 Å². The summed E-state index contributed by atoms with van der Waals surface area (Å²) in [5, 5.41) is 1.00. The maximum absolute atomic E-state index is 15.2. The van der Waals surface area contributed by atoms with Gasteiger partial charge in [-0.15, -0.1) is 0 Å². The van der Waals surface area contributed by atoms with Crippen LogP contribution >= 0.6 is 0 Å². The summed E-state index contributed by atoms with van der Waals surface area (Å²) in [5.74, 6) is -6.09. The zero-order valence-corrected chi connectivity index (χ0v) is 24.3. The molecule has 0 aliphatic carbocycles. The minimum Gasteiger partial charge on any atom is -0.429 e. The lowest BCUT2D eigenvalue weighted by Crippen LogP contribution is -2.25. The number of benzene rings is 6. The summed E-state index contributed by atoms with van der Waals surface area (Å²) >= 11 is 0. The van der Waals surface area contributed by atoms with Crippen molar-refractivity contribution in [3.05, 3.63) is 137 Å². The highest BCUT2D eigenvalue weighted by molar-refractivity contribution is 5.88. The van der Waals surface area contributed by atoms with E-state index < -0.39 is 69.0 Å². The van der Waals surface area contributed by atoms with Crippen LogP contribution in [0.5, 0.6) is 5.75 Å². The summed E-state index contributed by atoms with van der Waals surface area (Å²) in [6.45, 7) is 1.95. The molecule has 1 nitrogen and oxygen atoms in total. The molecule has 0 radical (unpaired) electrons. The van der Waals surface area contributed by atoms with E-state index in [0.29, 0.717) is 35.4 Å². The Hall–Kier alpha value is -5.50. The van der Waals surface area contributed by atoms with Crippen molar-refractivity contribution in [1.82, 2.24) is 0 Å². The van der Waals surface area contributed by atoms with Crippen molar-refractivity contribution in [2.75, 3.05) is 0 Å². The number of alkyl halides is 5. The molecule has 48 heavy (non-hydrogen) atoms. The Kier molecular flexibility index (Phi) is 8.07. The number of aryl methyl sites for hydroxylation is 1. The van der Waals surface area contributed by atoms with Gasteiger partial charge in [-0.1, -0.05) is 53.9 Å². The predicted octanol–water partition coefficient (Wildman–Crippen LogP) is 11.4.